The van der Waals surface area contributed by atoms with Gasteiger partial charge in [-0.15, -0.1) is 0 Å². The zero-order valence-electron chi connectivity index (χ0n) is 9.91. The van der Waals surface area contributed by atoms with Crippen LogP contribution in [0.25, 0.3) is 11.0 Å². The number of aromatic amines is 1. The van der Waals surface area contributed by atoms with Crippen LogP contribution in [0.1, 0.15) is 12.8 Å². The fourth-order valence-electron chi connectivity index (χ4n) is 2.77. The lowest BCUT2D eigenvalue weighted by Gasteiger charge is -2.35. The Bertz CT molecular complexity index is 604. The highest BCUT2D eigenvalue weighted by atomic mass is 35.5. The summed E-state index contributed by atoms with van der Waals surface area (Å²) in [5.74, 6) is 0.957. The number of rotatable bonds is 1. The van der Waals surface area contributed by atoms with E-state index in [1.54, 1.807) is 12.5 Å². The highest BCUT2D eigenvalue weighted by molar-refractivity contribution is 6.36. The number of hydrogen-bond acceptors (Lipinski definition) is 4. The first kappa shape index (κ1) is 10.6. The Morgan fingerprint density at radius 1 is 1.33 bits per heavy atom. The summed E-state index contributed by atoms with van der Waals surface area (Å²) >= 11 is 6.23. The van der Waals surface area contributed by atoms with Gasteiger partial charge in [0.25, 0.3) is 0 Å². The van der Waals surface area contributed by atoms with Gasteiger partial charge in [0.05, 0.1) is 10.4 Å². The van der Waals surface area contributed by atoms with Crippen molar-refractivity contribution >= 4 is 28.5 Å². The van der Waals surface area contributed by atoms with Gasteiger partial charge in [0.15, 0.2) is 0 Å². The predicted octanol–water partition coefficient (Wildman–Crippen LogP) is 1.55. The van der Waals surface area contributed by atoms with Crippen molar-refractivity contribution in [3.8, 4) is 0 Å². The fraction of sp³-hybridized carbons (Fsp3) is 0.500. The summed E-state index contributed by atoms with van der Waals surface area (Å²) in [5.41, 5.74) is 1.14. The van der Waals surface area contributed by atoms with Crippen LogP contribution in [-0.4, -0.2) is 40.1 Å². The summed E-state index contributed by atoms with van der Waals surface area (Å²) in [6.45, 7) is 2.99. The molecule has 0 unspecified atom stereocenters. The average molecular weight is 264 g/mol. The van der Waals surface area contributed by atoms with Crippen molar-refractivity contribution < 1.29 is 0 Å². The first-order valence-electron chi connectivity index (χ1n) is 6.25. The minimum absolute atomic E-state index is 0.332. The van der Waals surface area contributed by atoms with Gasteiger partial charge in [-0.25, -0.2) is 9.97 Å². The Morgan fingerprint density at radius 3 is 3.06 bits per heavy atom. The molecular formula is C12H14ClN5. The lowest BCUT2D eigenvalue weighted by atomic mass is 10.2. The van der Waals surface area contributed by atoms with Crippen molar-refractivity contribution in [1.82, 2.24) is 20.3 Å². The van der Waals surface area contributed by atoms with Crippen molar-refractivity contribution in [3.05, 3.63) is 17.5 Å². The maximum atomic E-state index is 6.23. The standard InChI is InChI=1S/C12H14ClN5/c13-8-5-14-10-9(8)11(16-7-15-10)18-4-3-17-12(6-18)1-2-12/h5,7,17H,1-4,6H2,(H,14,15,16). The summed E-state index contributed by atoms with van der Waals surface area (Å²) in [6.07, 6.45) is 5.91. The van der Waals surface area contributed by atoms with Gasteiger partial charge < -0.3 is 15.2 Å². The molecule has 1 spiro atoms. The summed E-state index contributed by atoms with van der Waals surface area (Å²) in [4.78, 5) is 14.1. The predicted molar refractivity (Wildman–Crippen MR) is 71.1 cm³/mol. The highest BCUT2D eigenvalue weighted by Gasteiger charge is 2.46. The molecule has 1 saturated heterocycles. The fourth-order valence-corrected chi connectivity index (χ4v) is 3.00. The molecule has 0 radical (unpaired) electrons. The van der Waals surface area contributed by atoms with E-state index in [2.05, 4.69) is 25.2 Å². The molecule has 2 fully saturated rings. The van der Waals surface area contributed by atoms with Gasteiger partial charge in [0.1, 0.15) is 17.8 Å². The van der Waals surface area contributed by atoms with Gasteiger partial charge in [0.2, 0.25) is 0 Å². The smallest absolute Gasteiger partial charge is 0.144 e. The zero-order chi connectivity index (χ0) is 12.2. The van der Waals surface area contributed by atoms with Crippen LogP contribution in [0.15, 0.2) is 12.5 Å². The molecule has 0 bridgehead atoms. The molecule has 1 saturated carbocycles. The average Bonchev–Trinajstić information content (AvgIpc) is 3.02. The van der Waals surface area contributed by atoms with Crippen LogP contribution in [0.3, 0.4) is 0 Å². The molecule has 0 atom stereocenters. The second-order valence-corrected chi connectivity index (χ2v) is 5.59. The Hall–Kier alpha value is -1.33. The molecule has 1 aliphatic carbocycles. The first-order chi connectivity index (χ1) is 8.77. The zero-order valence-corrected chi connectivity index (χ0v) is 10.7. The van der Waals surface area contributed by atoms with E-state index in [1.807, 2.05) is 0 Å². The van der Waals surface area contributed by atoms with Crippen LogP contribution >= 0.6 is 11.6 Å². The lowest BCUT2D eigenvalue weighted by Crippen LogP contribution is -2.52. The van der Waals surface area contributed by atoms with E-state index in [9.17, 15) is 0 Å². The van der Waals surface area contributed by atoms with Crippen molar-refractivity contribution in [2.24, 2.45) is 0 Å². The van der Waals surface area contributed by atoms with Crippen molar-refractivity contribution in [2.75, 3.05) is 24.5 Å². The van der Waals surface area contributed by atoms with Crippen molar-refractivity contribution in [1.29, 1.82) is 0 Å². The van der Waals surface area contributed by atoms with Crippen LogP contribution in [0.2, 0.25) is 5.02 Å². The molecule has 2 aromatic heterocycles. The molecule has 1 aliphatic heterocycles. The number of anilines is 1. The number of fused-ring (bicyclic) bond motifs is 1. The molecule has 94 valence electrons. The largest absolute Gasteiger partial charge is 0.353 e. The maximum Gasteiger partial charge on any atom is 0.144 e. The van der Waals surface area contributed by atoms with Crippen molar-refractivity contribution in [2.45, 2.75) is 18.4 Å². The van der Waals surface area contributed by atoms with Crippen molar-refractivity contribution in [3.63, 3.8) is 0 Å². The third kappa shape index (κ3) is 1.51. The summed E-state index contributed by atoms with van der Waals surface area (Å²) in [5, 5.41) is 5.24. The minimum Gasteiger partial charge on any atom is -0.353 e. The van der Waals surface area contributed by atoms with Crippen LogP contribution in [0.5, 0.6) is 0 Å². The number of halogens is 1. The molecule has 4 rings (SSSR count). The van der Waals surface area contributed by atoms with Gasteiger partial charge in [0, 0.05) is 31.4 Å². The van der Waals surface area contributed by atoms with Gasteiger partial charge in [-0.3, -0.25) is 0 Å². The summed E-state index contributed by atoms with van der Waals surface area (Å²) in [6, 6.07) is 0. The topological polar surface area (TPSA) is 56.8 Å². The lowest BCUT2D eigenvalue weighted by molar-refractivity contribution is 0.441. The molecule has 0 amide bonds. The van der Waals surface area contributed by atoms with E-state index in [4.69, 9.17) is 11.6 Å². The number of hydrogen-bond donors (Lipinski definition) is 2. The van der Waals surface area contributed by atoms with Crippen LogP contribution < -0.4 is 10.2 Å². The highest BCUT2D eigenvalue weighted by Crippen LogP contribution is 2.40. The number of nitrogens with zero attached hydrogens (tertiary/aromatic N) is 3. The van der Waals surface area contributed by atoms with E-state index in [1.165, 1.54) is 12.8 Å². The second-order valence-electron chi connectivity index (χ2n) is 5.19. The third-order valence-electron chi connectivity index (χ3n) is 3.93. The molecular weight excluding hydrogens is 250 g/mol. The molecule has 3 heterocycles. The molecule has 0 aromatic carbocycles. The van der Waals surface area contributed by atoms with Gasteiger partial charge in [-0.05, 0) is 12.8 Å². The van der Waals surface area contributed by atoms with Gasteiger partial charge in [-0.1, -0.05) is 11.6 Å². The van der Waals surface area contributed by atoms with Gasteiger partial charge >= 0.3 is 0 Å². The Kier molecular flexibility index (Phi) is 2.11. The number of piperazine rings is 1. The second kappa shape index (κ2) is 3.59. The number of nitrogens with one attached hydrogen (secondary N) is 2. The number of H-pyrrole nitrogens is 1. The molecule has 2 aliphatic rings. The van der Waals surface area contributed by atoms with Crippen LogP contribution in [-0.2, 0) is 0 Å². The summed E-state index contributed by atoms with van der Waals surface area (Å²) in [7, 11) is 0. The molecule has 2 aromatic rings. The molecule has 2 N–H and O–H groups in total. The van der Waals surface area contributed by atoms with Crippen LogP contribution in [0, 0.1) is 0 Å². The molecule has 18 heavy (non-hydrogen) atoms. The van der Waals surface area contributed by atoms with E-state index >= 15 is 0 Å². The quantitative estimate of drug-likeness (QED) is 0.820. The third-order valence-corrected chi connectivity index (χ3v) is 4.23. The molecule has 6 heteroatoms. The van der Waals surface area contributed by atoms with Gasteiger partial charge in [-0.2, -0.15) is 0 Å². The van der Waals surface area contributed by atoms with E-state index < -0.39 is 0 Å². The minimum atomic E-state index is 0.332. The maximum absolute atomic E-state index is 6.23. The monoisotopic (exact) mass is 263 g/mol. The Labute approximate surface area is 110 Å². The SMILES string of the molecule is Clc1c[nH]c2ncnc(N3CCNC4(CC4)C3)c12. The van der Waals surface area contributed by atoms with E-state index in [0.717, 1.165) is 36.5 Å². The van der Waals surface area contributed by atoms with E-state index in [0.29, 0.717) is 10.6 Å². The normalized spacial score (nSPS) is 21.7. The Morgan fingerprint density at radius 2 is 2.22 bits per heavy atom. The number of aromatic nitrogens is 3. The first-order valence-corrected chi connectivity index (χ1v) is 6.63. The molecule has 5 nitrogen and oxygen atoms in total. The summed E-state index contributed by atoms with van der Waals surface area (Å²) < 4.78 is 0. The van der Waals surface area contributed by atoms with Crippen LogP contribution in [0.4, 0.5) is 5.82 Å². The Balaban J connectivity index is 1.79. The van der Waals surface area contributed by atoms with E-state index in [-0.39, 0.29) is 0 Å².